The van der Waals surface area contributed by atoms with Crippen LogP contribution in [0.25, 0.3) is 0 Å². The molecule has 1 aromatic rings. The van der Waals surface area contributed by atoms with Gasteiger partial charge in [0.15, 0.2) is 0 Å². The molecule has 1 unspecified atom stereocenters. The molecule has 2 N–H and O–H groups in total. The van der Waals surface area contributed by atoms with Crippen LogP contribution in [-0.2, 0) is 4.79 Å². The van der Waals surface area contributed by atoms with Gasteiger partial charge in [-0.15, -0.1) is 0 Å². The van der Waals surface area contributed by atoms with E-state index in [-0.39, 0.29) is 22.8 Å². The first-order chi connectivity index (χ1) is 9.85. The number of hydrogen-bond acceptors (Lipinski definition) is 5. The topological polar surface area (TPSA) is 108 Å². The zero-order valence-electron chi connectivity index (χ0n) is 12.2. The molecule has 1 amide bonds. The number of nitro groups is 1. The minimum atomic E-state index is -0.642. The molecule has 7 nitrogen and oxygen atoms in total. The van der Waals surface area contributed by atoms with Gasteiger partial charge in [0.25, 0.3) is 5.69 Å². The Labute approximate surface area is 123 Å². The minimum Gasteiger partial charge on any atom is -0.368 e. The summed E-state index contributed by atoms with van der Waals surface area (Å²) in [5.74, 6) is 0.0674. The zero-order valence-corrected chi connectivity index (χ0v) is 12.2. The molecule has 0 saturated carbocycles. The summed E-state index contributed by atoms with van der Waals surface area (Å²) in [7, 11) is 0. The summed E-state index contributed by atoms with van der Waals surface area (Å²) in [6, 6.07) is 5.25. The lowest BCUT2D eigenvalue weighted by Crippen LogP contribution is -2.39. The molecule has 0 heterocycles. The molecule has 0 aliphatic rings. The fourth-order valence-corrected chi connectivity index (χ4v) is 1.64. The molecule has 0 aliphatic carbocycles. The Hall–Kier alpha value is -2.62. The van der Waals surface area contributed by atoms with Gasteiger partial charge in [0.05, 0.1) is 16.6 Å². The third-order valence-corrected chi connectivity index (χ3v) is 2.77. The lowest BCUT2D eigenvalue weighted by atomic mass is 10.1. The molecule has 0 radical (unpaired) electrons. The Bertz CT molecular complexity index is 578. The summed E-state index contributed by atoms with van der Waals surface area (Å²) in [5.41, 5.74) is 0.279. The second kappa shape index (κ2) is 7.24. The lowest BCUT2D eigenvalue weighted by Gasteiger charge is -2.16. The van der Waals surface area contributed by atoms with E-state index >= 15 is 0 Å². The Morgan fingerprint density at radius 3 is 2.62 bits per heavy atom. The number of nitriles is 1. The van der Waals surface area contributed by atoms with Crippen LogP contribution in [0.15, 0.2) is 18.2 Å². The molecule has 0 aromatic heterocycles. The van der Waals surface area contributed by atoms with Crippen LogP contribution in [0.2, 0.25) is 0 Å². The first kappa shape index (κ1) is 16.4. The van der Waals surface area contributed by atoms with Crippen LogP contribution in [-0.4, -0.2) is 23.4 Å². The normalized spacial score (nSPS) is 11.6. The van der Waals surface area contributed by atoms with Gasteiger partial charge in [0.2, 0.25) is 5.91 Å². The maximum Gasteiger partial charge on any atom is 0.292 e. The van der Waals surface area contributed by atoms with Crippen LogP contribution in [0.3, 0.4) is 0 Å². The van der Waals surface area contributed by atoms with Crippen molar-refractivity contribution in [2.75, 3.05) is 11.9 Å². The summed E-state index contributed by atoms with van der Waals surface area (Å²) < 4.78 is 0. The Kier molecular flexibility index (Phi) is 5.67. The third kappa shape index (κ3) is 4.76. The van der Waals surface area contributed by atoms with Crippen molar-refractivity contribution in [1.82, 2.24) is 5.32 Å². The highest BCUT2D eigenvalue weighted by molar-refractivity contribution is 5.85. The van der Waals surface area contributed by atoms with Gasteiger partial charge in [0.1, 0.15) is 11.7 Å². The van der Waals surface area contributed by atoms with E-state index in [1.165, 1.54) is 18.2 Å². The number of carbonyl (C=O) groups excluding carboxylic acids is 1. The molecule has 21 heavy (non-hydrogen) atoms. The van der Waals surface area contributed by atoms with Crippen molar-refractivity contribution < 1.29 is 9.72 Å². The number of rotatable bonds is 6. The second-order valence-corrected chi connectivity index (χ2v) is 5.11. The zero-order chi connectivity index (χ0) is 16.0. The van der Waals surface area contributed by atoms with Gasteiger partial charge in [-0.2, -0.15) is 5.26 Å². The van der Waals surface area contributed by atoms with Crippen molar-refractivity contribution in [3.8, 4) is 6.07 Å². The lowest BCUT2D eigenvalue weighted by molar-refractivity contribution is -0.384. The van der Waals surface area contributed by atoms with E-state index in [9.17, 15) is 14.9 Å². The van der Waals surface area contributed by atoms with Crippen LogP contribution in [0, 0.1) is 27.4 Å². The van der Waals surface area contributed by atoms with Gasteiger partial charge in [-0.3, -0.25) is 14.9 Å². The largest absolute Gasteiger partial charge is 0.368 e. The van der Waals surface area contributed by atoms with Gasteiger partial charge in [0, 0.05) is 12.6 Å². The van der Waals surface area contributed by atoms with Crippen molar-refractivity contribution in [2.24, 2.45) is 5.92 Å². The molecular weight excluding hydrogens is 272 g/mol. The van der Waals surface area contributed by atoms with E-state index in [0.717, 1.165) is 0 Å². The number of nitrogens with one attached hydrogen (secondary N) is 2. The Balaban J connectivity index is 2.88. The molecule has 0 saturated heterocycles. The van der Waals surface area contributed by atoms with Gasteiger partial charge in [-0.05, 0) is 25.0 Å². The average molecular weight is 290 g/mol. The van der Waals surface area contributed by atoms with E-state index in [2.05, 4.69) is 10.6 Å². The highest BCUT2D eigenvalue weighted by Gasteiger charge is 2.19. The quantitative estimate of drug-likeness (QED) is 0.615. The smallest absolute Gasteiger partial charge is 0.292 e. The number of hydrogen-bond donors (Lipinski definition) is 2. The van der Waals surface area contributed by atoms with Crippen LogP contribution < -0.4 is 10.6 Å². The standard InChI is InChI=1S/C14H18N4O3/c1-9(2)8-16-14(19)10(3)17-12-6-11(7-15)4-5-13(12)18(20)21/h4-6,9-10,17H,8H2,1-3H3,(H,16,19). The summed E-state index contributed by atoms with van der Waals surface area (Å²) in [4.78, 5) is 22.3. The van der Waals surface area contributed by atoms with E-state index in [0.29, 0.717) is 12.5 Å². The molecular formula is C14H18N4O3. The number of nitro benzene ring substituents is 1. The summed E-state index contributed by atoms with van der Waals surface area (Å²) >= 11 is 0. The molecule has 0 spiro atoms. The molecule has 0 fully saturated rings. The average Bonchev–Trinajstić information content (AvgIpc) is 2.43. The molecule has 112 valence electrons. The Morgan fingerprint density at radius 2 is 2.10 bits per heavy atom. The van der Waals surface area contributed by atoms with Gasteiger partial charge in [-0.25, -0.2) is 0 Å². The highest BCUT2D eigenvalue weighted by atomic mass is 16.6. The maximum atomic E-state index is 11.9. The summed E-state index contributed by atoms with van der Waals surface area (Å²) in [6.45, 7) is 6.09. The number of nitrogens with zero attached hydrogens (tertiary/aromatic N) is 2. The predicted octanol–water partition coefficient (Wildman–Crippen LogP) is 2.04. The monoisotopic (exact) mass is 290 g/mol. The first-order valence-electron chi connectivity index (χ1n) is 6.58. The molecule has 1 atom stereocenters. The number of carbonyl (C=O) groups is 1. The first-order valence-corrected chi connectivity index (χ1v) is 6.58. The molecule has 7 heteroatoms. The van der Waals surface area contributed by atoms with E-state index in [1.54, 1.807) is 6.92 Å². The van der Waals surface area contributed by atoms with E-state index in [1.807, 2.05) is 19.9 Å². The summed E-state index contributed by atoms with van der Waals surface area (Å²) in [6.07, 6.45) is 0. The van der Waals surface area contributed by atoms with Gasteiger partial charge < -0.3 is 10.6 Å². The van der Waals surface area contributed by atoms with Gasteiger partial charge in [-0.1, -0.05) is 13.8 Å². The fourth-order valence-electron chi connectivity index (χ4n) is 1.64. The molecule has 1 aromatic carbocycles. The van der Waals surface area contributed by atoms with Crippen molar-refractivity contribution in [2.45, 2.75) is 26.8 Å². The fraction of sp³-hybridized carbons (Fsp3) is 0.429. The second-order valence-electron chi connectivity index (χ2n) is 5.11. The van der Waals surface area contributed by atoms with Crippen molar-refractivity contribution in [3.05, 3.63) is 33.9 Å². The number of amides is 1. The summed E-state index contributed by atoms with van der Waals surface area (Å²) in [5, 5.41) is 25.4. The van der Waals surface area contributed by atoms with Gasteiger partial charge >= 0.3 is 0 Å². The third-order valence-electron chi connectivity index (χ3n) is 2.77. The van der Waals surface area contributed by atoms with Crippen LogP contribution in [0.1, 0.15) is 26.3 Å². The van der Waals surface area contributed by atoms with E-state index < -0.39 is 11.0 Å². The number of anilines is 1. The predicted molar refractivity (Wildman–Crippen MR) is 78.7 cm³/mol. The van der Waals surface area contributed by atoms with Crippen molar-refractivity contribution >= 4 is 17.3 Å². The van der Waals surface area contributed by atoms with Crippen LogP contribution >= 0.6 is 0 Å². The molecule has 0 bridgehead atoms. The van der Waals surface area contributed by atoms with Crippen LogP contribution in [0.4, 0.5) is 11.4 Å². The minimum absolute atomic E-state index is 0.159. The molecule has 1 rings (SSSR count). The van der Waals surface area contributed by atoms with Crippen molar-refractivity contribution in [1.29, 1.82) is 5.26 Å². The highest BCUT2D eigenvalue weighted by Crippen LogP contribution is 2.25. The van der Waals surface area contributed by atoms with Crippen molar-refractivity contribution in [3.63, 3.8) is 0 Å². The van der Waals surface area contributed by atoms with Crippen LogP contribution in [0.5, 0.6) is 0 Å². The number of benzene rings is 1. The maximum absolute atomic E-state index is 11.9. The van der Waals surface area contributed by atoms with E-state index in [4.69, 9.17) is 5.26 Å². The Morgan fingerprint density at radius 1 is 1.43 bits per heavy atom. The molecule has 0 aliphatic heterocycles. The SMILES string of the molecule is CC(C)CNC(=O)C(C)Nc1cc(C#N)ccc1[N+](=O)[O-].